The van der Waals surface area contributed by atoms with E-state index in [9.17, 15) is 14.4 Å². The zero-order valence-electron chi connectivity index (χ0n) is 18.8. The summed E-state index contributed by atoms with van der Waals surface area (Å²) in [7, 11) is 0. The summed E-state index contributed by atoms with van der Waals surface area (Å²) < 4.78 is 0. The van der Waals surface area contributed by atoms with Crippen molar-refractivity contribution in [2.45, 2.75) is 46.5 Å². The summed E-state index contributed by atoms with van der Waals surface area (Å²) >= 11 is 1.44. The molecule has 1 aliphatic heterocycles. The Morgan fingerprint density at radius 1 is 1.06 bits per heavy atom. The molecule has 0 atom stereocenters. The largest absolute Gasteiger partial charge is 0.342 e. The smallest absolute Gasteiger partial charge is 0.289 e. The van der Waals surface area contributed by atoms with Gasteiger partial charge in [0.1, 0.15) is 5.69 Å². The summed E-state index contributed by atoms with van der Waals surface area (Å²) in [6.07, 6.45) is 4.67. The van der Waals surface area contributed by atoms with Crippen LogP contribution in [0.2, 0.25) is 0 Å². The Morgan fingerprint density at radius 2 is 1.72 bits per heavy atom. The van der Waals surface area contributed by atoms with Crippen LogP contribution in [0.15, 0.2) is 29.9 Å². The Hall–Kier alpha value is -2.81. The van der Waals surface area contributed by atoms with E-state index in [1.54, 1.807) is 23.7 Å². The minimum atomic E-state index is -0.462. The molecule has 0 aromatic carbocycles. The molecule has 2 fully saturated rings. The van der Waals surface area contributed by atoms with Gasteiger partial charge in [-0.15, -0.1) is 11.3 Å². The molecule has 9 heteroatoms. The van der Waals surface area contributed by atoms with E-state index in [4.69, 9.17) is 0 Å². The lowest BCUT2D eigenvalue weighted by molar-refractivity contribution is -0.134. The lowest BCUT2D eigenvalue weighted by atomic mass is 9.96. The van der Waals surface area contributed by atoms with Gasteiger partial charge in [0.25, 0.3) is 11.8 Å². The van der Waals surface area contributed by atoms with Crippen molar-refractivity contribution >= 4 is 29.1 Å². The molecule has 8 nitrogen and oxygen atoms in total. The highest BCUT2D eigenvalue weighted by atomic mass is 32.1. The second-order valence-electron chi connectivity index (χ2n) is 9.70. The van der Waals surface area contributed by atoms with E-state index in [0.29, 0.717) is 18.7 Å². The molecule has 0 radical (unpaired) electrons. The fourth-order valence-electron chi connectivity index (χ4n) is 4.67. The van der Waals surface area contributed by atoms with Gasteiger partial charge in [-0.3, -0.25) is 30.2 Å². The van der Waals surface area contributed by atoms with Gasteiger partial charge in [-0.2, -0.15) is 0 Å². The number of hydrazine groups is 1. The molecule has 1 saturated heterocycles. The van der Waals surface area contributed by atoms with Crippen molar-refractivity contribution in [1.29, 1.82) is 0 Å². The highest BCUT2D eigenvalue weighted by Gasteiger charge is 2.68. The van der Waals surface area contributed by atoms with Crippen molar-refractivity contribution in [1.82, 2.24) is 25.7 Å². The average Bonchev–Trinajstić information content (AvgIpc) is 3.11. The number of nitrogens with one attached hydrogen (secondary N) is 2. The zero-order valence-corrected chi connectivity index (χ0v) is 19.7. The van der Waals surface area contributed by atoms with Crippen LogP contribution >= 0.6 is 11.3 Å². The van der Waals surface area contributed by atoms with Crippen molar-refractivity contribution in [2.75, 3.05) is 13.1 Å². The van der Waals surface area contributed by atoms with Gasteiger partial charge in [0.15, 0.2) is 0 Å². The van der Waals surface area contributed by atoms with Crippen molar-refractivity contribution in [2.24, 2.45) is 16.7 Å². The van der Waals surface area contributed by atoms with Gasteiger partial charge in [-0.25, -0.2) is 4.98 Å². The molecule has 4 rings (SSSR count). The van der Waals surface area contributed by atoms with Gasteiger partial charge in [0.2, 0.25) is 5.91 Å². The molecule has 3 heterocycles. The zero-order chi connectivity index (χ0) is 23.1. The van der Waals surface area contributed by atoms with Crippen molar-refractivity contribution in [3.05, 3.63) is 46.2 Å². The van der Waals surface area contributed by atoms with Crippen LogP contribution in [0.3, 0.4) is 0 Å². The minimum Gasteiger partial charge on any atom is -0.342 e. The molecule has 2 aromatic rings. The van der Waals surface area contributed by atoms with E-state index < -0.39 is 11.8 Å². The summed E-state index contributed by atoms with van der Waals surface area (Å²) in [5.74, 6) is -0.321. The maximum absolute atomic E-state index is 13.0. The van der Waals surface area contributed by atoms with E-state index in [-0.39, 0.29) is 34.3 Å². The summed E-state index contributed by atoms with van der Waals surface area (Å²) in [6.45, 7) is 10.1. The van der Waals surface area contributed by atoms with Crippen molar-refractivity contribution in [3.63, 3.8) is 0 Å². The normalized spacial score (nSPS) is 19.9. The molecular weight excluding hydrogens is 426 g/mol. The summed E-state index contributed by atoms with van der Waals surface area (Å²) in [6, 6.07) is 3.26. The predicted octanol–water partition coefficient (Wildman–Crippen LogP) is 3.00. The van der Waals surface area contributed by atoms with Crippen LogP contribution in [-0.4, -0.2) is 45.7 Å². The summed E-state index contributed by atoms with van der Waals surface area (Å²) in [5, 5.41) is 2.60. The van der Waals surface area contributed by atoms with Crippen molar-refractivity contribution < 1.29 is 14.4 Å². The lowest BCUT2D eigenvalue weighted by Gasteiger charge is -2.31. The standard InChI is InChI=1S/C23H29N5O3S/c1-22(2)17(23(22,3)4)21(31)28-10-7-14(8-11-28)20-25-16(13-32-20)19(30)27-26-18(29)15-6-5-9-24-12-15/h5-6,9,12-14,17H,7-8,10-11H2,1-4H3,(H,26,29)(H,27,30). The minimum absolute atomic E-state index is 0.0466. The summed E-state index contributed by atoms with van der Waals surface area (Å²) in [4.78, 5) is 47.7. The molecule has 2 aromatic heterocycles. The van der Waals surface area contributed by atoms with E-state index in [1.807, 2.05) is 4.90 Å². The number of rotatable bonds is 4. The molecule has 2 aliphatic rings. The fourth-order valence-corrected chi connectivity index (χ4v) is 5.64. The lowest BCUT2D eigenvalue weighted by Crippen LogP contribution is -2.41. The molecule has 32 heavy (non-hydrogen) atoms. The van der Waals surface area contributed by atoms with Crippen LogP contribution in [0.25, 0.3) is 0 Å². The number of piperidine rings is 1. The number of hydrogen-bond donors (Lipinski definition) is 2. The molecule has 0 unspecified atom stereocenters. The molecular formula is C23H29N5O3S. The number of thiazole rings is 1. The monoisotopic (exact) mass is 455 g/mol. The van der Waals surface area contributed by atoms with E-state index in [0.717, 1.165) is 17.8 Å². The number of pyridine rings is 1. The van der Waals surface area contributed by atoms with Gasteiger partial charge in [0.05, 0.1) is 10.6 Å². The third-order valence-corrected chi connectivity index (χ3v) is 8.40. The first-order chi connectivity index (χ1) is 15.1. The molecule has 0 spiro atoms. The molecule has 1 saturated carbocycles. The van der Waals surface area contributed by atoms with E-state index >= 15 is 0 Å². The van der Waals surface area contributed by atoms with Crippen LogP contribution in [0.1, 0.15) is 72.3 Å². The second-order valence-corrected chi connectivity index (χ2v) is 10.6. The number of nitrogens with zero attached hydrogens (tertiary/aromatic N) is 3. The topological polar surface area (TPSA) is 104 Å². The van der Waals surface area contributed by atoms with Crippen LogP contribution in [-0.2, 0) is 4.79 Å². The molecule has 3 amide bonds. The van der Waals surface area contributed by atoms with Gasteiger partial charge in [-0.05, 0) is 35.8 Å². The highest BCUT2D eigenvalue weighted by Crippen LogP contribution is 2.68. The first kappa shape index (κ1) is 22.4. The number of amides is 3. The Balaban J connectivity index is 1.28. The van der Waals surface area contributed by atoms with Crippen LogP contribution in [0, 0.1) is 16.7 Å². The quantitative estimate of drug-likeness (QED) is 0.690. The molecule has 1 aliphatic carbocycles. The number of carbonyl (C=O) groups excluding carboxylic acids is 3. The van der Waals surface area contributed by atoms with Crippen molar-refractivity contribution in [3.8, 4) is 0 Å². The van der Waals surface area contributed by atoms with E-state index in [2.05, 4.69) is 48.5 Å². The SMILES string of the molecule is CC1(C)C(C(=O)N2CCC(c3nc(C(=O)NNC(=O)c4cccnc4)cs3)CC2)C1(C)C. The highest BCUT2D eigenvalue weighted by molar-refractivity contribution is 7.09. The Labute approximate surface area is 191 Å². The number of carbonyl (C=O) groups is 3. The number of aromatic nitrogens is 2. The maximum Gasteiger partial charge on any atom is 0.289 e. The second kappa shape index (κ2) is 8.27. The fraction of sp³-hybridized carbons (Fsp3) is 0.522. The van der Waals surface area contributed by atoms with Gasteiger partial charge >= 0.3 is 0 Å². The van der Waals surface area contributed by atoms with E-state index in [1.165, 1.54) is 17.5 Å². The predicted molar refractivity (Wildman–Crippen MR) is 121 cm³/mol. The molecule has 2 N–H and O–H groups in total. The summed E-state index contributed by atoms with van der Waals surface area (Å²) in [5.41, 5.74) is 5.49. The number of likely N-dealkylation sites (tertiary alicyclic amines) is 1. The average molecular weight is 456 g/mol. The van der Waals surface area contributed by atoms with Crippen LogP contribution < -0.4 is 10.9 Å². The first-order valence-corrected chi connectivity index (χ1v) is 11.8. The van der Waals surface area contributed by atoms with Crippen LogP contribution in [0.4, 0.5) is 0 Å². The van der Waals surface area contributed by atoms with Gasteiger partial charge < -0.3 is 4.90 Å². The Morgan fingerprint density at radius 3 is 2.31 bits per heavy atom. The first-order valence-electron chi connectivity index (χ1n) is 10.9. The Bertz CT molecular complexity index is 1010. The van der Waals surface area contributed by atoms with Crippen LogP contribution in [0.5, 0.6) is 0 Å². The third kappa shape index (κ3) is 4.01. The van der Waals surface area contributed by atoms with Gasteiger partial charge in [0, 0.05) is 42.7 Å². The Kier molecular flexibility index (Phi) is 5.79. The third-order valence-electron chi connectivity index (χ3n) is 7.39. The maximum atomic E-state index is 13.0. The molecule has 0 bridgehead atoms. The van der Waals surface area contributed by atoms with Gasteiger partial charge in [-0.1, -0.05) is 27.7 Å². The molecule has 170 valence electrons. The number of hydrogen-bond acceptors (Lipinski definition) is 6.